The van der Waals surface area contributed by atoms with Crippen LogP contribution in [0.5, 0.6) is 0 Å². The van der Waals surface area contributed by atoms with Gasteiger partial charge in [0, 0.05) is 23.7 Å². The summed E-state index contributed by atoms with van der Waals surface area (Å²) in [5, 5.41) is 4.38. The standard InChI is InChI=1S/C18H17N3O4S/c1-11-10-26-18-19-9-13(16(23)21(11)18)15(22)20-14(17(24)25-2)8-12-6-4-3-5-7-12/h3-7,9-10,14H,8H2,1-2H3,(H,20,22)/t14-/m0/s1. The van der Waals surface area contributed by atoms with Gasteiger partial charge in [-0.3, -0.25) is 14.0 Å². The predicted octanol–water partition coefficient (Wildman–Crippen LogP) is 1.58. The third-order valence-corrected chi connectivity index (χ3v) is 4.89. The highest BCUT2D eigenvalue weighted by Crippen LogP contribution is 2.11. The molecule has 3 rings (SSSR count). The molecule has 0 aliphatic rings. The molecule has 0 spiro atoms. The molecule has 2 heterocycles. The summed E-state index contributed by atoms with van der Waals surface area (Å²) in [6.07, 6.45) is 1.49. The van der Waals surface area contributed by atoms with Crippen LogP contribution < -0.4 is 10.9 Å². The maximum Gasteiger partial charge on any atom is 0.328 e. The minimum atomic E-state index is -0.904. The first kappa shape index (κ1) is 17.8. The summed E-state index contributed by atoms with van der Waals surface area (Å²) in [5.41, 5.74) is 0.980. The number of ether oxygens (including phenoxy) is 1. The van der Waals surface area contributed by atoms with Gasteiger partial charge >= 0.3 is 5.97 Å². The van der Waals surface area contributed by atoms with Gasteiger partial charge in [-0.2, -0.15) is 0 Å². The number of nitrogens with one attached hydrogen (secondary N) is 1. The van der Waals surface area contributed by atoms with Crippen LogP contribution in [0.1, 0.15) is 21.6 Å². The number of nitrogens with zero attached hydrogens (tertiary/aromatic N) is 2. The molecule has 7 nitrogen and oxygen atoms in total. The Hall–Kier alpha value is -3.00. The molecule has 3 aromatic rings. The molecule has 8 heteroatoms. The zero-order chi connectivity index (χ0) is 18.7. The Morgan fingerprint density at radius 3 is 2.73 bits per heavy atom. The molecule has 0 aliphatic carbocycles. The molecule has 26 heavy (non-hydrogen) atoms. The molecule has 0 bridgehead atoms. The van der Waals surface area contributed by atoms with Crippen molar-refractivity contribution >= 4 is 28.2 Å². The van der Waals surface area contributed by atoms with Crippen molar-refractivity contribution in [1.29, 1.82) is 0 Å². The second-order valence-corrected chi connectivity index (χ2v) is 6.55. The number of benzene rings is 1. The van der Waals surface area contributed by atoms with Gasteiger partial charge in [-0.1, -0.05) is 30.3 Å². The number of carbonyl (C=O) groups is 2. The molecule has 1 amide bonds. The molecule has 0 aliphatic heterocycles. The van der Waals surface area contributed by atoms with Crippen LogP contribution in [0, 0.1) is 6.92 Å². The molecule has 2 aromatic heterocycles. The number of rotatable bonds is 5. The number of thiazole rings is 1. The van der Waals surface area contributed by atoms with Crippen molar-refractivity contribution in [3.63, 3.8) is 0 Å². The van der Waals surface area contributed by atoms with Crippen molar-refractivity contribution in [2.75, 3.05) is 7.11 Å². The summed E-state index contributed by atoms with van der Waals surface area (Å²) < 4.78 is 6.16. The van der Waals surface area contributed by atoms with E-state index < -0.39 is 23.5 Å². The largest absolute Gasteiger partial charge is 0.467 e. The average molecular weight is 371 g/mol. The Kier molecular flexibility index (Phi) is 5.13. The fourth-order valence-corrected chi connectivity index (χ4v) is 3.43. The van der Waals surface area contributed by atoms with Crippen LogP contribution in [0.25, 0.3) is 4.96 Å². The second kappa shape index (κ2) is 7.49. The molecule has 0 fully saturated rings. The molecular weight excluding hydrogens is 354 g/mol. The van der Waals surface area contributed by atoms with E-state index in [1.54, 1.807) is 12.3 Å². The van der Waals surface area contributed by atoms with Crippen LogP contribution in [-0.4, -0.2) is 34.4 Å². The summed E-state index contributed by atoms with van der Waals surface area (Å²) in [6, 6.07) is 8.33. The lowest BCUT2D eigenvalue weighted by Gasteiger charge is -2.16. The van der Waals surface area contributed by atoms with E-state index in [1.165, 1.54) is 29.0 Å². The Bertz CT molecular complexity index is 1010. The first-order chi connectivity index (χ1) is 12.5. The number of fused-ring (bicyclic) bond motifs is 1. The molecule has 134 valence electrons. The first-order valence-corrected chi connectivity index (χ1v) is 8.77. The van der Waals surface area contributed by atoms with E-state index in [0.717, 1.165) is 5.56 Å². The van der Waals surface area contributed by atoms with Crippen molar-refractivity contribution in [2.24, 2.45) is 0 Å². The average Bonchev–Trinajstić information content (AvgIpc) is 3.03. The van der Waals surface area contributed by atoms with Gasteiger partial charge in [-0.25, -0.2) is 9.78 Å². The Morgan fingerprint density at radius 1 is 1.31 bits per heavy atom. The van der Waals surface area contributed by atoms with Gasteiger partial charge in [-0.05, 0) is 12.5 Å². The first-order valence-electron chi connectivity index (χ1n) is 7.89. The monoisotopic (exact) mass is 371 g/mol. The topological polar surface area (TPSA) is 89.8 Å². The van der Waals surface area contributed by atoms with E-state index >= 15 is 0 Å². The minimum absolute atomic E-state index is 0.119. The second-order valence-electron chi connectivity index (χ2n) is 5.71. The Balaban J connectivity index is 1.88. The SMILES string of the molecule is COC(=O)[C@H](Cc1ccccc1)NC(=O)c1cnc2scc(C)n2c1=O. The molecule has 1 atom stereocenters. The van der Waals surface area contributed by atoms with Crippen molar-refractivity contribution < 1.29 is 14.3 Å². The van der Waals surface area contributed by atoms with E-state index in [1.807, 2.05) is 30.3 Å². The number of esters is 1. The van der Waals surface area contributed by atoms with Gasteiger partial charge in [0.25, 0.3) is 11.5 Å². The fourth-order valence-electron chi connectivity index (χ4n) is 2.60. The molecule has 0 saturated heterocycles. The maximum atomic E-state index is 12.6. The number of hydrogen-bond acceptors (Lipinski definition) is 6. The highest BCUT2D eigenvalue weighted by molar-refractivity contribution is 7.15. The van der Waals surface area contributed by atoms with Crippen LogP contribution in [0.4, 0.5) is 0 Å². The number of carbonyl (C=O) groups excluding carboxylic acids is 2. The molecule has 0 saturated carbocycles. The number of hydrogen-bond donors (Lipinski definition) is 1. The number of aromatic nitrogens is 2. The predicted molar refractivity (Wildman–Crippen MR) is 97.5 cm³/mol. The lowest BCUT2D eigenvalue weighted by atomic mass is 10.1. The van der Waals surface area contributed by atoms with E-state index in [-0.39, 0.29) is 12.0 Å². The summed E-state index contributed by atoms with van der Waals surface area (Å²) in [7, 11) is 1.25. The normalized spacial score (nSPS) is 11.9. The van der Waals surface area contributed by atoms with Crippen LogP contribution in [-0.2, 0) is 16.0 Å². The molecule has 1 aromatic carbocycles. The van der Waals surface area contributed by atoms with Gasteiger partial charge in [0.1, 0.15) is 11.6 Å². The smallest absolute Gasteiger partial charge is 0.328 e. The molecule has 0 radical (unpaired) electrons. The summed E-state index contributed by atoms with van der Waals surface area (Å²) in [5.74, 6) is -1.24. The van der Waals surface area contributed by atoms with Crippen molar-refractivity contribution in [3.05, 3.63) is 69.1 Å². The highest BCUT2D eigenvalue weighted by Gasteiger charge is 2.24. The summed E-state index contributed by atoms with van der Waals surface area (Å²) in [4.78, 5) is 41.9. The van der Waals surface area contributed by atoms with Crippen LogP contribution in [0.2, 0.25) is 0 Å². The zero-order valence-electron chi connectivity index (χ0n) is 14.3. The maximum absolute atomic E-state index is 12.6. The van der Waals surface area contributed by atoms with E-state index in [9.17, 15) is 14.4 Å². The van der Waals surface area contributed by atoms with Gasteiger partial charge in [0.15, 0.2) is 4.96 Å². The lowest BCUT2D eigenvalue weighted by Crippen LogP contribution is -2.44. The van der Waals surface area contributed by atoms with Crippen LogP contribution in [0.15, 0.2) is 46.7 Å². The Labute approximate surface area is 153 Å². The van der Waals surface area contributed by atoms with Gasteiger partial charge in [0.05, 0.1) is 7.11 Å². The fraction of sp³-hybridized carbons (Fsp3) is 0.222. The van der Waals surface area contributed by atoms with E-state index in [0.29, 0.717) is 10.7 Å². The van der Waals surface area contributed by atoms with E-state index in [2.05, 4.69) is 10.3 Å². The van der Waals surface area contributed by atoms with E-state index in [4.69, 9.17) is 4.74 Å². The van der Waals surface area contributed by atoms with Crippen LogP contribution in [0.3, 0.4) is 0 Å². The summed E-state index contributed by atoms with van der Waals surface area (Å²) in [6.45, 7) is 1.76. The quantitative estimate of drug-likeness (QED) is 0.688. The minimum Gasteiger partial charge on any atom is -0.467 e. The third kappa shape index (κ3) is 3.50. The Morgan fingerprint density at radius 2 is 2.04 bits per heavy atom. The highest BCUT2D eigenvalue weighted by atomic mass is 32.1. The number of amides is 1. The number of methoxy groups -OCH3 is 1. The molecule has 0 unspecified atom stereocenters. The van der Waals surface area contributed by atoms with Gasteiger partial charge in [-0.15, -0.1) is 11.3 Å². The van der Waals surface area contributed by atoms with Crippen molar-refractivity contribution in [1.82, 2.24) is 14.7 Å². The van der Waals surface area contributed by atoms with Crippen molar-refractivity contribution in [2.45, 2.75) is 19.4 Å². The van der Waals surface area contributed by atoms with Gasteiger partial charge < -0.3 is 10.1 Å². The summed E-state index contributed by atoms with van der Waals surface area (Å²) >= 11 is 1.32. The molecule has 1 N–H and O–H groups in total. The van der Waals surface area contributed by atoms with Crippen LogP contribution >= 0.6 is 11.3 Å². The van der Waals surface area contributed by atoms with Crippen molar-refractivity contribution in [3.8, 4) is 0 Å². The third-order valence-electron chi connectivity index (χ3n) is 3.93. The number of aryl methyl sites for hydroxylation is 1. The molecular formula is C18H17N3O4S. The zero-order valence-corrected chi connectivity index (χ0v) is 15.1. The van der Waals surface area contributed by atoms with Gasteiger partial charge in [0.2, 0.25) is 0 Å². The lowest BCUT2D eigenvalue weighted by molar-refractivity contribution is -0.142.